The highest BCUT2D eigenvalue weighted by atomic mass is 32.2. The van der Waals surface area contributed by atoms with Gasteiger partial charge in [0, 0.05) is 16.3 Å². The molecular weight excluding hydrogens is 526 g/mol. The number of imidazole rings is 1. The predicted molar refractivity (Wildman–Crippen MR) is 164 cm³/mol. The summed E-state index contributed by atoms with van der Waals surface area (Å²) >= 11 is 0. The smallest absolute Gasteiger partial charge is 0.212 e. The first-order chi connectivity index (χ1) is 20.1. The highest BCUT2D eigenvalue weighted by molar-refractivity contribution is 7.92. The molecule has 0 bridgehead atoms. The quantitative estimate of drug-likeness (QED) is 0.220. The van der Waals surface area contributed by atoms with Gasteiger partial charge in [-0.2, -0.15) is 0 Å². The summed E-state index contributed by atoms with van der Waals surface area (Å²) in [6, 6.07) is 41.8. The maximum atomic E-state index is 14.6. The predicted octanol–water partition coefficient (Wildman–Crippen LogP) is 8.09. The zero-order chi connectivity index (χ0) is 27.3. The highest BCUT2D eigenvalue weighted by Gasteiger charge is 2.36. The molecule has 0 spiro atoms. The van der Waals surface area contributed by atoms with Gasteiger partial charge in [-0.1, -0.05) is 91.0 Å². The van der Waals surface area contributed by atoms with Gasteiger partial charge in [-0.15, -0.1) is 0 Å². The molecule has 0 saturated carbocycles. The molecule has 0 saturated heterocycles. The summed E-state index contributed by atoms with van der Waals surface area (Å²) in [5.41, 5.74) is 5.35. The molecule has 9 rings (SSSR count). The standard InChI is InChI=1S/C35H21N3O2S/c39-41(40)31-19-8-15-26-33(31)38(35(36-26)23-11-2-1-3-12-23)30-18-9-17-29(34(30)41)37-27-16-7-6-14-25(27)32-24-13-5-4-10-22(24)20-21-28(32)37/h1-21H. The highest BCUT2D eigenvalue weighted by Crippen LogP contribution is 2.46. The van der Waals surface area contributed by atoms with Gasteiger partial charge < -0.3 is 4.57 Å². The molecule has 6 heteroatoms. The number of rotatable bonds is 2. The third-order valence-electron chi connectivity index (χ3n) is 8.25. The summed E-state index contributed by atoms with van der Waals surface area (Å²) in [7, 11) is -3.89. The van der Waals surface area contributed by atoms with E-state index in [1.807, 2.05) is 77.4 Å². The molecule has 3 heterocycles. The molecule has 0 atom stereocenters. The number of fused-ring (bicyclic) bond motifs is 7. The van der Waals surface area contributed by atoms with Crippen molar-refractivity contribution in [3.8, 4) is 22.8 Å². The van der Waals surface area contributed by atoms with Gasteiger partial charge in [-0.05, 0) is 47.2 Å². The van der Waals surface area contributed by atoms with Crippen molar-refractivity contribution in [2.45, 2.75) is 9.79 Å². The van der Waals surface area contributed by atoms with E-state index in [1.165, 1.54) is 0 Å². The molecule has 0 radical (unpaired) electrons. The zero-order valence-corrected chi connectivity index (χ0v) is 22.5. The van der Waals surface area contributed by atoms with Crippen LogP contribution in [0.15, 0.2) is 137 Å². The number of sulfone groups is 1. The van der Waals surface area contributed by atoms with Crippen molar-refractivity contribution in [2.24, 2.45) is 0 Å². The van der Waals surface area contributed by atoms with Crippen molar-refractivity contribution in [1.29, 1.82) is 0 Å². The molecule has 1 aliphatic heterocycles. The number of aromatic nitrogens is 3. The monoisotopic (exact) mass is 547 g/mol. The number of benzene rings is 6. The Morgan fingerprint density at radius 2 is 1.27 bits per heavy atom. The summed E-state index contributed by atoms with van der Waals surface area (Å²) in [5, 5.41) is 4.48. The van der Waals surface area contributed by atoms with E-state index in [1.54, 1.807) is 12.1 Å². The molecule has 6 aromatic carbocycles. The number of para-hydroxylation sites is 2. The zero-order valence-electron chi connectivity index (χ0n) is 21.7. The molecule has 0 N–H and O–H groups in total. The number of nitrogens with zero attached hydrogens (tertiary/aromatic N) is 3. The van der Waals surface area contributed by atoms with Crippen LogP contribution in [-0.4, -0.2) is 22.5 Å². The van der Waals surface area contributed by atoms with Crippen LogP contribution in [0.25, 0.3) is 66.4 Å². The SMILES string of the molecule is O=S1(=O)c2c(cccc2-n2c3ccccc3c3c4ccccc4ccc32)-n2c(-c3ccccc3)nc3cccc1c32. The minimum atomic E-state index is -3.89. The fraction of sp³-hybridized carbons (Fsp3) is 0. The van der Waals surface area contributed by atoms with Crippen LogP contribution < -0.4 is 0 Å². The lowest BCUT2D eigenvalue weighted by Crippen LogP contribution is -2.18. The number of hydrogen-bond donors (Lipinski definition) is 0. The Morgan fingerprint density at radius 1 is 0.561 bits per heavy atom. The second kappa shape index (κ2) is 7.93. The summed E-state index contributed by atoms with van der Waals surface area (Å²) in [6.45, 7) is 0. The first-order valence-corrected chi connectivity index (χ1v) is 15.0. The molecule has 5 nitrogen and oxygen atoms in total. The van der Waals surface area contributed by atoms with Crippen molar-refractivity contribution in [3.63, 3.8) is 0 Å². The van der Waals surface area contributed by atoms with Gasteiger partial charge in [-0.25, -0.2) is 13.4 Å². The van der Waals surface area contributed by atoms with E-state index >= 15 is 0 Å². The molecule has 0 fully saturated rings. The lowest BCUT2D eigenvalue weighted by molar-refractivity contribution is 0.594. The molecule has 0 aliphatic carbocycles. The maximum Gasteiger partial charge on any atom is 0.212 e. The van der Waals surface area contributed by atoms with Crippen LogP contribution in [0, 0.1) is 0 Å². The first kappa shape index (κ1) is 22.6. The lowest BCUT2D eigenvalue weighted by atomic mass is 10.0. The minimum Gasteiger partial charge on any atom is -0.308 e. The number of hydrogen-bond acceptors (Lipinski definition) is 3. The summed E-state index contributed by atoms with van der Waals surface area (Å²) in [5.74, 6) is 0.717. The Balaban J connectivity index is 1.46. The van der Waals surface area contributed by atoms with E-state index in [0.29, 0.717) is 22.4 Å². The Bertz CT molecular complexity index is 2490. The Labute approximate surface area is 235 Å². The van der Waals surface area contributed by atoms with Crippen LogP contribution in [0.4, 0.5) is 0 Å². The van der Waals surface area contributed by atoms with Crippen LogP contribution >= 0.6 is 0 Å². The molecule has 2 aromatic heterocycles. The second-order valence-corrected chi connectivity index (χ2v) is 12.3. The maximum absolute atomic E-state index is 14.6. The van der Waals surface area contributed by atoms with Gasteiger partial charge in [0.1, 0.15) is 10.7 Å². The van der Waals surface area contributed by atoms with E-state index in [4.69, 9.17) is 4.98 Å². The molecule has 0 amide bonds. The van der Waals surface area contributed by atoms with Crippen LogP contribution in [0.1, 0.15) is 0 Å². The van der Waals surface area contributed by atoms with Gasteiger partial charge in [0.05, 0.1) is 38.3 Å². The van der Waals surface area contributed by atoms with E-state index in [0.717, 1.165) is 44.0 Å². The van der Waals surface area contributed by atoms with Gasteiger partial charge >= 0.3 is 0 Å². The van der Waals surface area contributed by atoms with Gasteiger partial charge in [-0.3, -0.25) is 4.57 Å². The van der Waals surface area contributed by atoms with Crippen LogP contribution in [0.2, 0.25) is 0 Å². The minimum absolute atomic E-state index is 0.274. The van der Waals surface area contributed by atoms with Crippen LogP contribution in [0.3, 0.4) is 0 Å². The van der Waals surface area contributed by atoms with Crippen molar-refractivity contribution < 1.29 is 8.42 Å². The summed E-state index contributed by atoms with van der Waals surface area (Å²) < 4.78 is 33.3. The average molecular weight is 548 g/mol. The van der Waals surface area contributed by atoms with Gasteiger partial charge in [0.25, 0.3) is 0 Å². The normalized spacial score (nSPS) is 13.8. The van der Waals surface area contributed by atoms with Crippen molar-refractivity contribution in [1.82, 2.24) is 14.1 Å². The molecule has 8 aromatic rings. The van der Waals surface area contributed by atoms with E-state index in [2.05, 4.69) is 47.0 Å². The largest absolute Gasteiger partial charge is 0.308 e. The Morgan fingerprint density at radius 3 is 2.12 bits per heavy atom. The molecular formula is C35H21N3O2S. The second-order valence-electron chi connectivity index (χ2n) is 10.4. The lowest BCUT2D eigenvalue weighted by Gasteiger charge is -2.24. The van der Waals surface area contributed by atoms with Gasteiger partial charge in [0.2, 0.25) is 9.84 Å². The van der Waals surface area contributed by atoms with Crippen LogP contribution in [-0.2, 0) is 9.84 Å². The van der Waals surface area contributed by atoms with Crippen molar-refractivity contribution >= 4 is 53.4 Å². The fourth-order valence-corrected chi connectivity index (χ4v) is 8.37. The Kier molecular flexibility index (Phi) is 4.37. The van der Waals surface area contributed by atoms with Crippen molar-refractivity contribution in [2.75, 3.05) is 0 Å². The summed E-state index contributed by atoms with van der Waals surface area (Å²) in [4.78, 5) is 5.49. The first-order valence-electron chi connectivity index (χ1n) is 13.5. The van der Waals surface area contributed by atoms with E-state index in [9.17, 15) is 8.42 Å². The average Bonchev–Trinajstić information content (AvgIpc) is 3.57. The van der Waals surface area contributed by atoms with Gasteiger partial charge in [0.15, 0.2) is 0 Å². The fourth-order valence-electron chi connectivity index (χ4n) is 6.58. The Hall–Kier alpha value is -5.20. The third-order valence-corrected chi connectivity index (χ3v) is 10.1. The van der Waals surface area contributed by atoms with E-state index in [-0.39, 0.29) is 9.79 Å². The molecule has 194 valence electrons. The van der Waals surface area contributed by atoms with Crippen LogP contribution in [0.5, 0.6) is 0 Å². The molecule has 0 unspecified atom stereocenters. The molecule has 41 heavy (non-hydrogen) atoms. The topological polar surface area (TPSA) is 56.9 Å². The third kappa shape index (κ3) is 2.89. The summed E-state index contributed by atoms with van der Waals surface area (Å²) in [6.07, 6.45) is 0. The molecule has 1 aliphatic rings. The van der Waals surface area contributed by atoms with E-state index < -0.39 is 9.84 Å². The van der Waals surface area contributed by atoms with Crippen molar-refractivity contribution in [3.05, 3.63) is 127 Å².